The molecule has 0 saturated carbocycles. The number of halogens is 4. The predicted octanol–water partition coefficient (Wildman–Crippen LogP) is 6.49. The lowest BCUT2D eigenvalue weighted by Crippen LogP contribution is -2.02. The Balaban J connectivity index is 1.94. The Kier molecular flexibility index (Phi) is 6.48. The Bertz CT molecular complexity index is 913. The van der Waals surface area contributed by atoms with Gasteiger partial charge in [0.1, 0.15) is 11.0 Å². The molecule has 8 heteroatoms. The predicted molar refractivity (Wildman–Crippen MR) is 121 cm³/mol. The topological polar surface area (TPSA) is 50.2 Å². The van der Waals surface area contributed by atoms with Gasteiger partial charge in [-0.2, -0.15) is 4.98 Å². The van der Waals surface area contributed by atoms with Crippen LogP contribution in [0.25, 0.3) is 0 Å². The maximum Gasteiger partial charge on any atom is 0.225 e. The van der Waals surface area contributed by atoms with Crippen LogP contribution in [0.2, 0.25) is 10.4 Å². The molecule has 0 radical (unpaired) electrons. The van der Waals surface area contributed by atoms with Crippen LogP contribution in [-0.4, -0.2) is 16.2 Å². The van der Waals surface area contributed by atoms with E-state index in [1.54, 1.807) is 6.21 Å². The van der Waals surface area contributed by atoms with Crippen LogP contribution >= 0.6 is 68.4 Å². The van der Waals surface area contributed by atoms with Crippen LogP contribution < -0.4 is 5.32 Å². The highest BCUT2D eigenvalue weighted by Crippen LogP contribution is 2.26. The first-order chi connectivity index (χ1) is 12.0. The largest absolute Gasteiger partial charge is 0.339 e. The number of hydrogen-bond acceptors (Lipinski definition) is 4. The van der Waals surface area contributed by atoms with Gasteiger partial charge in [0.05, 0.1) is 11.3 Å². The van der Waals surface area contributed by atoms with E-state index < -0.39 is 0 Å². The Morgan fingerprint density at radius 3 is 2.12 bits per heavy atom. The smallest absolute Gasteiger partial charge is 0.225 e. The number of nitrogens with one attached hydrogen (secondary N) is 1. The standard InChI is InChI=1S/C17H10Cl2I2N4/c18-15-14(9-22-12-5-1-10(20)2-6-12)16(25-17(19)24-15)23-13-7-3-11(21)4-8-13/h1-9H,(H,23,24,25). The molecule has 0 bridgehead atoms. The van der Waals surface area contributed by atoms with Gasteiger partial charge in [-0.3, -0.25) is 4.99 Å². The van der Waals surface area contributed by atoms with E-state index in [9.17, 15) is 0 Å². The molecule has 0 unspecified atom stereocenters. The summed E-state index contributed by atoms with van der Waals surface area (Å²) in [6.07, 6.45) is 1.63. The van der Waals surface area contributed by atoms with Crippen molar-refractivity contribution in [1.82, 2.24) is 9.97 Å². The fourth-order valence-corrected chi connectivity index (χ4v) is 3.11. The van der Waals surface area contributed by atoms with Crippen LogP contribution in [0.15, 0.2) is 53.5 Å². The van der Waals surface area contributed by atoms with Crippen LogP contribution in [0.5, 0.6) is 0 Å². The monoisotopic (exact) mass is 594 g/mol. The normalized spacial score (nSPS) is 11.0. The second-order valence-electron chi connectivity index (χ2n) is 4.91. The van der Waals surface area contributed by atoms with Gasteiger partial charge in [-0.1, -0.05) is 11.6 Å². The number of anilines is 2. The molecule has 2 aromatic carbocycles. The average molecular weight is 595 g/mol. The van der Waals surface area contributed by atoms with Crippen molar-refractivity contribution < 1.29 is 0 Å². The zero-order chi connectivity index (χ0) is 17.8. The maximum atomic E-state index is 6.25. The van der Waals surface area contributed by atoms with E-state index in [1.165, 1.54) is 0 Å². The van der Waals surface area contributed by atoms with Crippen molar-refractivity contribution in [1.29, 1.82) is 0 Å². The summed E-state index contributed by atoms with van der Waals surface area (Å²) in [5.74, 6) is 0.500. The van der Waals surface area contributed by atoms with E-state index in [0.717, 1.165) is 18.5 Å². The van der Waals surface area contributed by atoms with E-state index in [0.29, 0.717) is 11.4 Å². The highest BCUT2D eigenvalue weighted by Gasteiger charge is 2.11. The molecule has 0 aliphatic heterocycles. The molecule has 0 aliphatic rings. The third-order valence-corrected chi connectivity index (χ3v) is 5.04. The molecular formula is C17H10Cl2I2N4. The highest BCUT2D eigenvalue weighted by molar-refractivity contribution is 14.1. The first-order valence-corrected chi connectivity index (χ1v) is 9.98. The molecule has 0 amide bonds. The number of hydrogen-bond donors (Lipinski definition) is 1. The zero-order valence-electron chi connectivity index (χ0n) is 12.5. The van der Waals surface area contributed by atoms with Crippen LogP contribution in [0.1, 0.15) is 5.56 Å². The van der Waals surface area contributed by atoms with Gasteiger partial charge in [-0.15, -0.1) is 0 Å². The molecule has 1 aromatic heterocycles. The molecule has 25 heavy (non-hydrogen) atoms. The quantitative estimate of drug-likeness (QED) is 0.163. The average Bonchev–Trinajstić information content (AvgIpc) is 2.57. The molecule has 126 valence electrons. The fourth-order valence-electron chi connectivity index (χ4n) is 1.96. The SMILES string of the molecule is Clc1nc(Cl)c(C=Nc2ccc(I)cc2)c(Nc2ccc(I)cc2)n1. The highest BCUT2D eigenvalue weighted by atomic mass is 127. The number of aromatic nitrogens is 2. The van der Waals surface area contributed by atoms with Crippen LogP contribution in [-0.2, 0) is 0 Å². The minimum atomic E-state index is 0.0735. The molecule has 0 saturated heterocycles. The second-order valence-corrected chi connectivity index (χ2v) is 8.10. The Morgan fingerprint density at radius 2 is 1.48 bits per heavy atom. The van der Waals surface area contributed by atoms with Crippen LogP contribution in [0.3, 0.4) is 0 Å². The first-order valence-electron chi connectivity index (χ1n) is 7.06. The van der Waals surface area contributed by atoms with E-state index in [2.05, 4.69) is 65.5 Å². The van der Waals surface area contributed by atoms with E-state index in [-0.39, 0.29) is 10.4 Å². The lowest BCUT2D eigenvalue weighted by Gasteiger charge is -2.10. The minimum absolute atomic E-state index is 0.0735. The van der Waals surface area contributed by atoms with Crippen molar-refractivity contribution in [3.05, 3.63) is 71.7 Å². The van der Waals surface area contributed by atoms with Crippen molar-refractivity contribution in [2.24, 2.45) is 4.99 Å². The number of benzene rings is 2. The van der Waals surface area contributed by atoms with Crippen LogP contribution in [0, 0.1) is 7.14 Å². The molecule has 1 heterocycles. The fraction of sp³-hybridized carbons (Fsp3) is 0. The van der Waals surface area contributed by atoms with Crippen molar-refractivity contribution in [3.63, 3.8) is 0 Å². The Morgan fingerprint density at radius 1 is 0.880 bits per heavy atom. The van der Waals surface area contributed by atoms with Gasteiger partial charge in [0.25, 0.3) is 0 Å². The maximum absolute atomic E-state index is 6.25. The summed E-state index contributed by atoms with van der Waals surface area (Å²) in [6.45, 7) is 0. The second kappa shape index (κ2) is 8.61. The summed E-state index contributed by atoms with van der Waals surface area (Å²) in [4.78, 5) is 12.7. The Hall–Kier alpha value is -0.970. The van der Waals surface area contributed by atoms with Crippen molar-refractivity contribution in [2.75, 3.05) is 5.32 Å². The summed E-state index contributed by atoms with van der Waals surface area (Å²) >= 11 is 16.7. The van der Waals surface area contributed by atoms with E-state index >= 15 is 0 Å². The third-order valence-electron chi connectivity index (χ3n) is 3.15. The first kappa shape index (κ1) is 18.8. The number of aliphatic imine (C=N–C) groups is 1. The van der Waals surface area contributed by atoms with Crippen molar-refractivity contribution in [2.45, 2.75) is 0 Å². The lowest BCUT2D eigenvalue weighted by molar-refractivity contribution is 1.16. The summed E-state index contributed by atoms with van der Waals surface area (Å²) in [7, 11) is 0. The molecule has 0 aliphatic carbocycles. The lowest BCUT2D eigenvalue weighted by atomic mass is 10.3. The molecular weight excluding hydrogens is 585 g/mol. The van der Waals surface area contributed by atoms with Gasteiger partial charge >= 0.3 is 0 Å². The molecule has 3 rings (SSSR count). The van der Waals surface area contributed by atoms with E-state index in [1.807, 2.05) is 48.5 Å². The number of rotatable bonds is 4. The van der Waals surface area contributed by atoms with Gasteiger partial charge in [-0.25, -0.2) is 4.98 Å². The van der Waals surface area contributed by atoms with Crippen LogP contribution in [0.4, 0.5) is 17.2 Å². The molecule has 0 spiro atoms. The van der Waals surface area contributed by atoms with E-state index in [4.69, 9.17) is 23.2 Å². The number of nitrogens with zero attached hydrogens (tertiary/aromatic N) is 3. The van der Waals surface area contributed by atoms with Gasteiger partial charge < -0.3 is 5.32 Å². The molecule has 3 aromatic rings. The third kappa shape index (κ3) is 5.25. The molecule has 1 N–H and O–H groups in total. The molecule has 4 nitrogen and oxygen atoms in total. The zero-order valence-corrected chi connectivity index (χ0v) is 18.4. The Labute approximate surface area is 182 Å². The molecule has 0 atom stereocenters. The summed E-state index contributed by atoms with van der Waals surface area (Å²) in [5.41, 5.74) is 2.25. The molecule has 0 fully saturated rings. The summed E-state index contributed by atoms with van der Waals surface area (Å²) in [6, 6.07) is 15.7. The van der Waals surface area contributed by atoms with Crippen molar-refractivity contribution in [3.8, 4) is 0 Å². The van der Waals surface area contributed by atoms with Gasteiger partial charge in [0.15, 0.2) is 0 Å². The summed E-state index contributed by atoms with van der Waals surface area (Å²) < 4.78 is 2.29. The summed E-state index contributed by atoms with van der Waals surface area (Å²) in [5, 5.41) is 3.52. The van der Waals surface area contributed by atoms with Crippen molar-refractivity contribution >= 4 is 91.8 Å². The minimum Gasteiger partial charge on any atom is -0.339 e. The van der Waals surface area contributed by atoms with Gasteiger partial charge in [-0.05, 0) is 105 Å². The van der Waals surface area contributed by atoms with Gasteiger partial charge in [0, 0.05) is 19.0 Å². The van der Waals surface area contributed by atoms with Gasteiger partial charge in [0.2, 0.25) is 5.28 Å².